The summed E-state index contributed by atoms with van der Waals surface area (Å²) in [6.45, 7) is 8.00. The van der Waals surface area contributed by atoms with Crippen LogP contribution in [0.1, 0.15) is 27.7 Å². The Balaban J connectivity index is 1.70. The summed E-state index contributed by atoms with van der Waals surface area (Å²) in [5, 5.41) is 0. The van der Waals surface area contributed by atoms with E-state index in [-0.39, 0.29) is 26.4 Å². The summed E-state index contributed by atoms with van der Waals surface area (Å²) >= 11 is 0. The van der Waals surface area contributed by atoms with E-state index in [9.17, 15) is 9.79 Å². The van der Waals surface area contributed by atoms with Gasteiger partial charge in [-0.05, 0) is 0 Å². The van der Waals surface area contributed by atoms with Gasteiger partial charge in [0.1, 0.15) is 0 Å². The molecule has 0 unspecified atom stereocenters. The number of hydrogen-bond donors (Lipinski definition) is 3. The average Bonchev–Trinajstić information content (AvgIpc) is 2.93. The van der Waals surface area contributed by atoms with Crippen LogP contribution >= 0.6 is 16.3 Å². The zero-order valence-corrected chi connectivity index (χ0v) is 25.4. The predicted molar refractivity (Wildman–Crippen MR) is 161 cm³/mol. The molecule has 222 valence electrons. The van der Waals surface area contributed by atoms with E-state index in [1.165, 1.54) is 0 Å². The number of benzene rings is 2. The standard InChI is InChI=1S/C27H36N4O8P2/c1-5-34-40(32,35-6-2)38-21-13-9-19(10-14-21)25-26(31-27-23(29-25)17-18-24(28)30-27)20-11-15-22(16-12-20)39-41(33,36-7-3)37-8-4/h9-18,32-33,40-41H,5-8H2,1-4H3,(H2,28,30,31). The number of rotatable bonds is 14. The van der Waals surface area contributed by atoms with Crippen LogP contribution in [0.3, 0.4) is 0 Å². The van der Waals surface area contributed by atoms with Crippen molar-refractivity contribution in [3.8, 4) is 34.0 Å². The topological polar surface area (TPSA) is 161 Å². The normalized spacial score (nSPS) is 12.8. The van der Waals surface area contributed by atoms with E-state index in [1.807, 2.05) is 0 Å². The summed E-state index contributed by atoms with van der Waals surface area (Å²) < 4.78 is 32.8. The van der Waals surface area contributed by atoms with Crippen LogP contribution in [0, 0.1) is 0 Å². The first kappa shape index (κ1) is 30.9. The molecule has 0 aliphatic heterocycles. The van der Waals surface area contributed by atoms with Gasteiger partial charge in [-0.1, -0.05) is 0 Å². The van der Waals surface area contributed by atoms with E-state index in [2.05, 4.69) is 4.98 Å². The maximum absolute atomic E-state index is 10.6. The Morgan fingerprint density at radius 3 is 1.41 bits per heavy atom. The fourth-order valence-corrected chi connectivity index (χ4v) is 6.68. The van der Waals surface area contributed by atoms with E-state index in [4.69, 9.17) is 42.8 Å². The summed E-state index contributed by atoms with van der Waals surface area (Å²) in [7, 11) is -7.64. The van der Waals surface area contributed by atoms with Crippen molar-refractivity contribution in [3.05, 3.63) is 60.7 Å². The third-order valence-corrected chi connectivity index (χ3v) is 9.21. The first-order valence-corrected chi connectivity index (χ1v) is 16.6. The first-order valence-electron chi connectivity index (χ1n) is 13.2. The Bertz CT molecular complexity index is 1430. The molecule has 2 heterocycles. The van der Waals surface area contributed by atoms with Crippen molar-refractivity contribution in [1.29, 1.82) is 0 Å². The van der Waals surface area contributed by atoms with Gasteiger partial charge in [0.15, 0.2) is 0 Å². The van der Waals surface area contributed by atoms with Gasteiger partial charge in [-0.3, -0.25) is 0 Å². The number of nitrogens with two attached hydrogens (primary N) is 1. The second-order valence-electron chi connectivity index (χ2n) is 8.53. The zero-order chi connectivity index (χ0) is 29.5. The average molecular weight is 607 g/mol. The molecule has 2 aromatic heterocycles. The van der Waals surface area contributed by atoms with Crippen LogP contribution in [0.4, 0.5) is 5.82 Å². The Morgan fingerprint density at radius 1 is 0.585 bits per heavy atom. The van der Waals surface area contributed by atoms with Crippen molar-refractivity contribution in [2.75, 3.05) is 32.2 Å². The Morgan fingerprint density at radius 2 is 1.00 bits per heavy atom. The number of aromatic nitrogens is 3. The summed E-state index contributed by atoms with van der Waals surface area (Å²) in [4.78, 5) is 35.2. The Kier molecular flexibility index (Phi) is 10.4. The van der Waals surface area contributed by atoms with Crippen molar-refractivity contribution in [2.45, 2.75) is 27.7 Å². The van der Waals surface area contributed by atoms with Crippen LogP contribution in [0.2, 0.25) is 0 Å². The minimum absolute atomic E-state index is 0.246. The molecular formula is C27H36N4O8P2. The molecule has 4 N–H and O–H groups in total. The zero-order valence-electron chi connectivity index (χ0n) is 23.4. The van der Waals surface area contributed by atoms with Crippen LogP contribution in [-0.2, 0) is 18.1 Å². The molecule has 4 rings (SSSR count). The van der Waals surface area contributed by atoms with Gasteiger partial charge in [-0.15, -0.1) is 0 Å². The predicted octanol–water partition coefficient (Wildman–Crippen LogP) is 5.65. The molecule has 4 aromatic rings. The van der Waals surface area contributed by atoms with Crippen molar-refractivity contribution in [1.82, 2.24) is 15.0 Å². The van der Waals surface area contributed by atoms with Gasteiger partial charge in [0.05, 0.1) is 0 Å². The second kappa shape index (κ2) is 13.7. The van der Waals surface area contributed by atoms with E-state index in [0.717, 1.165) is 11.1 Å². The summed E-state index contributed by atoms with van der Waals surface area (Å²) in [5.74, 6) is 1.09. The number of nitrogen functional groups attached to an aromatic ring is 1. The van der Waals surface area contributed by atoms with Crippen molar-refractivity contribution in [2.24, 2.45) is 0 Å². The molecule has 2 aromatic carbocycles. The van der Waals surface area contributed by atoms with E-state index >= 15 is 0 Å². The quantitative estimate of drug-likeness (QED) is 0.152. The molecule has 0 saturated carbocycles. The van der Waals surface area contributed by atoms with Crippen LogP contribution in [-0.4, -0.2) is 51.2 Å². The van der Waals surface area contributed by atoms with Gasteiger partial charge >= 0.3 is 240 Å². The molecular weight excluding hydrogens is 570 g/mol. The first-order chi connectivity index (χ1) is 19.7. The summed E-state index contributed by atoms with van der Waals surface area (Å²) in [6.07, 6.45) is 0. The van der Waals surface area contributed by atoms with E-state index < -0.39 is 16.3 Å². The molecule has 0 saturated heterocycles. The van der Waals surface area contributed by atoms with Gasteiger partial charge in [0.25, 0.3) is 0 Å². The molecule has 41 heavy (non-hydrogen) atoms. The van der Waals surface area contributed by atoms with Crippen LogP contribution in [0.25, 0.3) is 33.7 Å². The molecule has 0 aliphatic carbocycles. The maximum atomic E-state index is 10.6. The second-order valence-corrected chi connectivity index (χ2v) is 12.2. The fraction of sp³-hybridized carbons (Fsp3) is 0.296. The molecule has 0 amide bonds. The molecule has 14 heteroatoms. The molecule has 0 spiro atoms. The Labute approximate surface area is 239 Å². The van der Waals surface area contributed by atoms with Crippen LogP contribution < -0.4 is 14.8 Å². The van der Waals surface area contributed by atoms with Gasteiger partial charge in [0, 0.05) is 0 Å². The van der Waals surface area contributed by atoms with E-state index in [1.54, 1.807) is 88.4 Å². The summed E-state index contributed by atoms with van der Waals surface area (Å²) in [6, 6.07) is 17.4. The fourth-order valence-electron chi connectivity index (χ4n) is 3.95. The SMILES string of the molecule is CCO[PH](O)(OCC)Oc1ccc(-c2nc3ccc(N)nc3nc2-c2ccc(O[PH](O)(OCC)OCC)cc2)cc1. The number of fused-ring (bicyclic) bond motifs is 1. The minimum atomic E-state index is -3.82. The molecule has 0 aliphatic rings. The summed E-state index contributed by atoms with van der Waals surface area (Å²) in [5.41, 5.74) is 9.46. The monoisotopic (exact) mass is 606 g/mol. The van der Waals surface area contributed by atoms with Crippen LogP contribution in [0.5, 0.6) is 11.5 Å². The van der Waals surface area contributed by atoms with Crippen molar-refractivity contribution < 1.29 is 36.9 Å². The molecule has 0 atom stereocenters. The third kappa shape index (κ3) is 7.82. The van der Waals surface area contributed by atoms with Crippen molar-refractivity contribution >= 4 is 33.3 Å². The van der Waals surface area contributed by atoms with E-state index in [0.29, 0.717) is 39.9 Å². The molecule has 0 fully saturated rings. The number of pyridine rings is 1. The number of anilines is 1. The van der Waals surface area contributed by atoms with Gasteiger partial charge in [0.2, 0.25) is 0 Å². The third-order valence-electron chi connectivity index (χ3n) is 5.61. The van der Waals surface area contributed by atoms with Gasteiger partial charge in [-0.2, -0.15) is 0 Å². The Hall–Kier alpha value is -3.05. The van der Waals surface area contributed by atoms with Gasteiger partial charge < -0.3 is 0 Å². The van der Waals surface area contributed by atoms with Crippen molar-refractivity contribution in [3.63, 3.8) is 0 Å². The van der Waals surface area contributed by atoms with Gasteiger partial charge in [-0.25, -0.2) is 0 Å². The molecule has 12 nitrogen and oxygen atoms in total. The number of hydrogen-bond acceptors (Lipinski definition) is 12. The number of nitrogens with zero attached hydrogens (tertiary/aromatic N) is 3. The molecule has 0 radical (unpaired) electrons. The molecule has 0 bridgehead atoms. The van der Waals surface area contributed by atoms with Crippen LogP contribution in [0.15, 0.2) is 60.7 Å².